The molecule has 1 atom stereocenters. The number of carbonyl (C=O) groups is 3. The average molecular weight is 794 g/mol. The van der Waals surface area contributed by atoms with Crippen molar-refractivity contribution in [2.45, 2.75) is 95.7 Å². The standard InChI is InChI=1S/C40H45F2N5O8S/c1-23-24(2)46(6)39(52)47(37(23)50)27-16-12-25(13-17-27)20-34(38(51)55-28-10-8-7-9-11-28)43-36(49)30-21-32(42)33(22-31(30)41)45-56(53,54)29-18-14-26(15-19-29)35(48)44-40(3,4)5/h12-19,21-22,28,34,45H,7-11,20H2,1-6H3,(H,43,49)(H,44,48)/t34-/m0/s1. The fourth-order valence-corrected chi connectivity index (χ4v) is 7.32. The second kappa shape index (κ2) is 16.6. The van der Waals surface area contributed by atoms with E-state index in [9.17, 15) is 32.4 Å². The van der Waals surface area contributed by atoms with Crippen molar-refractivity contribution in [2.24, 2.45) is 7.05 Å². The summed E-state index contributed by atoms with van der Waals surface area (Å²) in [5, 5.41) is 5.20. The molecule has 1 saturated carbocycles. The van der Waals surface area contributed by atoms with E-state index >= 15 is 8.78 Å². The number of hydrogen-bond acceptors (Lipinski definition) is 8. The first-order valence-corrected chi connectivity index (χ1v) is 19.6. The van der Waals surface area contributed by atoms with Gasteiger partial charge in [0.15, 0.2) is 0 Å². The van der Waals surface area contributed by atoms with E-state index < -0.39 is 73.5 Å². The van der Waals surface area contributed by atoms with E-state index in [2.05, 4.69) is 10.6 Å². The van der Waals surface area contributed by atoms with Crippen LogP contribution in [0, 0.1) is 25.5 Å². The minimum atomic E-state index is -4.46. The van der Waals surface area contributed by atoms with Crippen molar-refractivity contribution in [1.82, 2.24) is 19.8 Å². The summed E-state index contributed by atoms with van der Waals surface area (Å²) in [6, 6.07) is 10.7. The molecule has 1 aliphatic carbocycles. The summed E-state index contributed by atoms with van der Waals surface area (Å²) in [6.07, 6.45) is 3.44. The summed E-state index contributed by atoms with van der Waals surface area (Å²) in [5.41, 5.74) is -1.25. The molecule has 56 heavy (non-hydrogen) atoms. The highest BCUT2D eigenvalue weighted by molar-refractivity contribution is 7.92. The number of nitrogens with zero attached hydrogens (tertiary/aromatic N) is 2. The molecule has 3 aromatic carbocycles. The van der Waals surface area contributed by atoms with Crippen LogP contribution in [0.2, 0.25) is 0 Å². The first kappa shape index (κ1) is 41.5. The van der Waals surface area contributed by atoms with E-state index in [0.29, 0.717) is 41.8 Å². The predicted octanol–water partition coefficient (Wildman–Crippen LogP) is 4.98. The normalized spacial score (nSPS) is 14.1. The number of amides is 2. The molecule has 16 heteroatoms. The summed E-state index contributed by atoms with van der Waals surface area (Å²) in [7, 11) is -2.91. The Labute approximate surface area is 323 Å². The molecule has 1 aliphatic rings. The van der Waals surface area contributed by atoms with Gasteiger partial charge in [0.2, 0.25) is 0 Å². The van der Waals surface area contributed by atoms with Crippen molar-refractivity contribution >= 4 is 33.5 Å². The van der Waals surface area contributed by atoms with Crippen LogP contribution >= 0.6 is 0 Å². The zero-order chi connectivity index (χ0) is 41.1. The van der Waals surface area contributed by atoms with Gasteiger partial charge in [-0.2, -0.15) is 0 Å². The molecule has 1 fully saturated rings. The van der Waals surface area contributed by atoms with Gasteiger partial charge in [-0.3, -0.25) is 19.1 Å². The number of anilines is 1. The molecular formula is C40H45F2N5O8S. The smallest absolute Gasteiger partial charge is 0.335 e. The molecule has 5 rings (SSSR count). The van der Waals surface area contributed by atoms with Gasteiger partial charge in [-0.25, -0.2) is 31.4 Å². The van der Waals surface area contributed by atoms with Gasteiger partial charge in [-0.15, -0.1) is 0 Å². The van der Waals surface area contributed by atoms with Crippen LogP contribution in [0.15, 0.2) is 75.1 Å². The van der Waals surface area contributed by atoms with Crippen LogP contribution < -0.4 is 26.6 Å². The van der Waals surface area contributed by atoms with E-state index in [1.807, 2.05) is 4.72 Å². The summed E-state index contributed by atoms with van der Waals surface area (Å²) < 4.78 is 67.0. The third-order valence-electron chi connectivity index (χ3n) is 9.57. The molecule has 4 aromatic rings. The molecule has 0 radical (unpaired) electrons. The monoisotopic (exact) mass is 793 g/mol. The molecule has 3 N–H and O–H groups in total. The van der Waals surface area contributed by atoms with Crippen LogP contribution in [0.3, 0.4) is 0 Å². The highest BCUT2D eigenvalue weighted by Crippen LogP contribution is 2.25. The third kappa shape index (κ3) is 9.59. The van der Waals surface area contributed by atoms with Crippen molar-refractivity contribution in [3.8, 4) is 5.69 Å². The first-order valence-electron chi connectivity index (χ1n) is 18.1. The molecule has 298 valence electrons. The van der Waals surface area contributed by atoms with E-state index in [4.69, 9.17) is 4.74 Å². The third-order valence-corrected chi connectivity index (χ3v) is 10.9. The second-order valence-electron chi connectivity index (χ2n) is 14.9. The number of ether oxygens (including phenoxy) is 1. The molecule has 0 aliphatic heterocycles. The van der Waals surface area contributed by atoms with Crippen LogP contribution in [0.5, 0.6) is 0 Å². The van der Waals surface area contributed by atoms with Crippen molar-refractivity contribution < 1.29 is 36.3 Å². The number of benzene rings is 3. The van der Waals surface area contributed by atoms with Gasteiger partial charge in [0, 0.05) is 41.9 Å². The molecule has 0 bridgehead atoms. The molecule has 13 nitrogen and oxygen atoms in total. The zero-order valence-corrected chi connectivity index (χ0v) is 32.8. The van der Waals surface area contributed by atoms with Crippen molar-refractivity contribution in [1.29, 1.82) is 0 Å². The van der Waals surface area contributed by atoms with Gasteiger partial charge in [-0.05, 0) is 108 Å². The van der Waals surface area contributed by atoms with Gasteiger partial charge < -0.3 is 19.9 Å². The summed E-state index contributed by atoms with van der Waals surface area (Å²) in [5.74, 6) is -4.93. The Kier molecular flexibility index (Phi) is 12.3. The quantitative estimate of drug-likeness (QED) is 0.178. The van der Waals surface area contributed by atoms with E-state index in [0.717, 1.165) is 36.0 Å². The lowest BCUT2D eigenvalue weighted by Crippen LogP contribution is -2.45. The first-order chi connectivity index (χ1) is 26.3. The predicted molar refractivity (Wildman–Crippen MR) is 206 cm³/mol. The van der Waals surface area contributed by atoms with Crippen LogP contribution in [0.1, 0.15) is 90.4 Å². The Morgan fingerprint density at radius 2 is 1.52 bits per heavy atom. The minimum Gasteiger partial charge on any atom is -0.461 e. The Bertz CT molecular complexity index is 2340. The molecule has 1 heterocycles. The number of carbonyl (C=O) groups excluding carboxylic acids is 3. The fourth-order valence-electron chi connectivity index (χ4n) is 6.26. The van der Waals surface area contributed by atoms with E-state index in [1.54, 1.807) is 53.8 Å². The Balaban J connectivity index is 1.36. The number of nitrogens with one attached hydrogen (secondary N) is 3. The largest absolute Gasteiger partial charge is 0.461 e. The van der Waals surface area contributed by atoms with Gasteiger partial charge in [0.1, 0.15) is 23.8 Å². The number of rotatable bonds is 11. The highest BCUT2D eigenvalue weighted by atomic mass is 32.2. The minimum absolute atomic E-state index is 0.143. The number of esters is 1. The topological polar surface area (TPSA) is 175 Å². The van der Waals surface area contributed by atoms with Gasteiger partial charge in [-0.1, -0.05) is 18.6 Å². The highest BCUT2D eigenvalue weighted by Gasteiger charge is 2.29. The van der Waals surface area contributed by atoms with Crippen LogP contribution in [-0.2, 0) is 33.0 Å². The van der Waals surface area contributed by atoms with E-state index in [1.165, 1.54) is 28.8 Å². The lowest BCUT2D eigenvalue weighted by molar-refractivity contribution is -0.152. The Morgan fingerprint density at radius 3 is 2.12 bits per heavy atom. The van der Waals surface area contributed by atoms with Gasteiger partial charge >= 0.3 is 11.7 Å². The molecule has 2 amide bonds. The maximum absolute atomic E-state index is 15.5. The van der Waals surface area contributed by atoms with E-state index in [-0.39, 0.29) is 28.7 Å². The molecule has 1 aromatic heterocycles. The molecule has 0 saturated heterocycles. The van der Waals surface area contributed by atoms with Gasteiger partial charge in [0.25, 0.3) is 27.4 Å². The van der Waals surface area contributed by atoms with Crippen molar-refractivity contribution in [3.63, 3.8) is 0 Å². The number of aromatic nitrogens is 2. The summed E-state index contributed by atoms with van der Waals surface area (Å²) >= 11 is 0. The summed E-state index contributed by atoms with van der Waals surface area (Å²) in [6.45, 7) is 8.64. The van der Waals surface area contributed by atoms with Crippen molar-refractivity contribution in [3.05, 3.63) is 121 Å². The SMILES string of the molecule is Cc1c(C)n(C)c(=O)n(-c2ccc(C[C@H](NC(=O)c3cc(F)c(NS(=O)(=O)c4ccc(C(=O)NC(C)(C)C)cc4)cc3F)C(=O)OC3CCCCC3)cc2)c1=O. The second-order valence-corrected chi connectivity index (χ2v) is 16.6. The van der Waals surface area contributed by atoms with Gasteiger partial charge in [0.05, 0.1) is 21.8 Å². The van der Waals surface area contributed by atoms with Crippen LogP contribution in [-0.4, -0.2) is 53.0 Å². The van der Waals surface area contributed by atoms with Crippen LogP contribution in [0.4, 0.5) is 14.5 Å². The van der Waals surface area contributed by atoms with Crippen LogP contribution in [0.25, 0.3) is 5.69 Å². The maximum atomic E-state index is 15.5. The van der Waals surface area contributed by atoms with Crippen molar-refractivity contribution in [2.75, 3.05) is 4.72 Å². The molecule has 0 unspecified atom stereocenters. The Hall–Kier alpha value is -5.64. The number of hydrogen-bond donors (Lipinski definition) is 3. The fraction of sp³-hybridized carbons (Fsp3) is 0.375. The molecular weight excluding hydrogens is 749 g/mol. The zero-order valence-electron chi connectivity index (χ0n) is 32.0. The number of halogens is 2. The summed E-state index contributed by atoms with van der Waals surface area (Å²) in [4.78, 5) is 64.9. The lowest BCUT2D eigenvalue weighted by Gasteiger charge is -2.25. The maximum Gasteiger partial charge on any atom is 0.335 e. The number of sulfonamides is 1. The average Bonchev–Trinajstić information content (AvgIpc) is 3.14. The lowest BCUT2D eigenvalue weighted by atomic mass is 9.97. The Morgan fingerprint density at radius 1 is 0.893 bits per heavy atom. The molecule has 0 spiro atoms.